The van der Waals surface area contributed by atoms with Crippen molar-refractivity contribution in [1.82, 2.24) is 10.6 Å². The van der Waals surface area contributed by atoms with Crippen LogP contribution in [0.3, 0.4) is 0 Å². The number of nitrogens with one attached hydrogen (secondary N) is 1. The van der Waals surface area contributed by atoms with Crippen molar-refractivity contribution in [1.29, 1.82) is 0 Å². The molecule has 3 nitrogen and oxygen atoms in total. The number of thioether (sulfide) groups is 1. The van der Waals surface area contributed by atoms with E-state index in [0.29, 0.717) is 0 Å². The predicted octanol–water partition coefficient (Wildman–Crippen LogP) is 2.94. The van der Waals surface area contributed by atoms with Crippen LogP contribution in [-0.4, -0.2) is 41.7 Å². The van der Waals surface area contributed by atoms with E-state index in [0.717, 1.165) is 25.3 Å². The van der Waals surface area contributed by atoms with Crippen LogP contribution in [0.25, 0.3) is 0 Å². The summed E-state index contributed by atoms with van der Waals surface area (Å²) in [5.74, 6) is 0.860. The fourth-order valence-corrected chi connectivity index (χ4v) is 2.98. The molecule has 1 atom stereocenters. The number of hydrogen-bond acceptors (Lipinski definition) is 3. The molecule has 1 heterocycles. The minimum Gasteiger partial charge on any atom is -0.360 e. The zero-order chi connectivity index (χ0) is 13.7. The van der Waals surface area contributed by atoms with E-state index in [1.165, 1.54) is 4.90 Å². The first-order valence-corrected chi connectivity index (χ1v) is 7.72. The second-order valence-electron chi connectivity index (χ2n) is 5.64. The highest BCUT2D eigenvalue weighted by atomic mass is 32.2. The SMILES string of the molecule is CC1(C)CN(CC[C@@H]([NH])CSc2ccccc2)C=N1. The summed E-state index contributed by atoms with van der Waals surface area (Å²) in [5, 5.41) is 0. The summed E-state index contributed by atoms with van der Waals surface area (Å²) >= 11 is 1.77. The highest BCUT2D eigenvalue weighted by Gasteiger charge is 2.24. The number of hydrogen-bond donors (Lipinski definition) is 0. The van der Waals surface area contributed by atoms with Gasteiger partial charge in [-0.05, 0) is 32.4 Å². The zero-order valence-corrected chi connectivity index (χ0v) is 12.5. The lowest BCUT2D eigenvalue weighted by molar-refractivity contribution is 0.365. The number of nitrogens with zero attached hydrogens (tertiary/aromatic N) is 2. The Labute approximate surface area is 120 Å². The summed E-state index contributed by atoms with van der Waals surface area (Å²) in [6, 6.07) is 10.3. The molecule has 0 bridgehead atoms. The van der Waals surface area contributed by atoms with Crippen molar-refractivity contribution in [3.63, 3.8) is 0 Å². The van der Waals surface area contributed by atoms with Gasteiger partial charge in [0.1, 0.15) is 0 Å². The molecule has 19 heavy (non-hydrogen) atoms. The molecule has 1 aliphatic heterocycles. The third kappa shape index (κ3) is 4.88. The van der Waals surface area contributed by atoms with Crippen molar-refractivity contribution in [2.45, 2.75) is 36.7 Å². The molecule has 4 heteroatoms. The molecule has 0 saturated carbocycles. The van der Waals surface area contributed by atoms with E-state index >= 15 is 0 Å². The smallest absolute Gasteiger partial charge is 0.0858 e. The van der Waals surface area contributed by atoms with Gasteiger partial charge in [0.2, 0.25) is 0 Å². The maximum absolute atomic E-state index is 8.09. The molecule has 0 aliphatic carbocycles. The average molecular weight is 276 g/mol. The maximum Gasteiger partial charge on any atom is 0.0858 e. The Morgan fingerprint density at radius 3 is 2.74 bits per heavy atom. The first kappa shape index (κ1) is 14.4. The molecule has 0 aromatic heterocycles. The van der Waals surface area contributed by atoms with E-state index in [9.17, 15) is 0 Å². The Kier molecular flexibility index (Phi) is 4.88. The summed E-state index contributed by atoms with van der Waals surface area (Å²) in [6.07, 6.45) is 2.85. The second-order valence-corrected chi connectivity index (χ2v) is 6.73. The van der Waals surface area contributed by atoms with E-state index in [1.807, 2.05) is 24.5 Å². The zero-order valence-electron chi connectivity index (χ0n) is 11.7. The van der Waals surface area contributed by atoms with Gasteiger partial charge < -0.3 is 4.90 Å². The summed E-state index contributed by atoms with van der Waals surface area (Å²) in [6.45, 7) is 6.21. The van der Waals surface area contributed by atoms with Crippen LogP contribution in [0.5, 0.6) is 0 Å². The lowest BCUT2D eigenvalue weighted by atomic mass is 10.1. The van der Waals surface area contributed by atoms with Crippen LogP contribution in [-0.2, 0) is 0 Å². The average Bonchev–Trinajstić information content (AvgIpc) is 2.75. The molecule has 1 aromatic carbocycles. The van der Waals surface area contributed by atoms with Gasteiger partial charge >= 0.3 is 0 Å². The van der Waals surface area contributed by atoms with E-state index in [-0.39, 0.29) is 11.6 Å². The van der Waals surface area contributed by atoms with Gasteiger partial charge in [-0.2, -0.15) is 0 Å². The van der Waals surface area contributed by atoms with Gasteiger partial charge in [0.25, 0.3) is 0 Å². The van der Waals surface area contributed by atoms with Gasteiger partial charge in [-0.1, -0.05) is 18.2 Å². The molecule has 0 saturated heterocycles. The van der Waals surface area contributed by atoms with Gasteiger partial charge in [-0.3, -0.25) is 10.7 Å². The van der Waals surface area contributed by atoms with E-state index < -0.39 is 0 Å². The van der Waals surface area contributed by atoms with Crippen LogP contribution in [0, 0.1) is 0 Å². The van der Waals surface area contributed by atoms with Gasteiger partial charge in [0, 0.05) is 29.8 Å². The molecule has 1 aromatic rings. The Morgan fingerprint density at radius 1 is 1.37 bits per heavy atom. The maximum atomic E-state index is 8.09. The van der Waals surface area contributed by atoms with Crippen LogP contribution < -0.4 is 5.73 Å². The van der Waals surface area contributed by atoms with Gasteiger partial charge in [0.05, 0.1) is 11.9 Å². The molecule has 1 N–H and O–H groups in total. The van der Waals surface area contributed by atoms with Crippen LogP contribution in [0.4, 0.5) is 0 Å². The molecule has 0 amide bonds. The van der Waals surface area contributed by atoms with Crippen molar-refractivity contribution in [3.8, 4) is 0 Å². The molecule has 1 aliphatic rings. The number of benzene rings is 1. The third-order valence-electron chi connectivity index (χ3n) is 3.12. The minimum atomic E-state index is -0.0117. The fraction of sp³-hybridized carbons (Fsp3) is 0.533. The predicted molar refractivity (Wildman–Crippen MR) is 82.8 cm³/mol. The normalized spacial score (nSPS) is 18.8. The summed E-state index contributed by atoms with van der Waals surface area (Å²) < 4.78 is 0. The summed E-state index contributed by atoms with van der Waals surface area (Å²) in [4.78, 5) is 7.94. The van der Waals surface area contributed by atoms with Crippen molar-refractivity contribution in [2.75, 3.05) is 18.8 Å². The first-order chi connectivity index (χ1) is 9.05. The quantitative estimate of drug-likeness (QED) is 0.749. The number of rotatable bonds is 6. The Morgan fingerprint density at radius 2 is 2.11 bits per heavy atom. The Bertz CT molecular complexity index is 417. The summed E-state index contributed by atoms with van der Waals surface area (Å²) in [5.41, 5.74) is 8.14. The van der Waals surface area contributed by atoms with Crippen molar-refractivity contribution < 1.29 is 0 Å². The Balaban J connectivity index is 1.65. The molecule has 103 valence electrons. The van der Waals surface area contributed by atoms with Crippen LogP contribution in [0.1, 0.15) is 20.3 Å². The Hall–Kier alpha value is -1.00. The molecular weight excluding hydrogens is 254 g/mol. The number of aliphatic imine (C=N–C) groups is 1. The fourth-order valence-electron chi connectivity index (χ4n) is 2.07. The highest BCUT2D eigenvalue weighted by molar-refractivity contribution is 7.99. The molecule has 1 radical (unpaired) electrons. The molecule has 0 unspecified atom stereocenters. The first-order valence-electron chi connectivity index (χ1n) is 6.73. The highest BCUT2D eigenvalue weighted by Crippen LogP contribution is 2.20. The topological polar surface area (TPSA) is 39.4 Å². The lowest BCUT2D eigenvalue weighted by Crippen LogP contribution is -2.31. The van der Waals surface area contributed by atoms with Crippen molar-refractivity contribution in [2.24, 2.45) is 4.99 Å². The molecule has 2 rings (SSSR count). The van der Waals surface area contributed by atoms with Crippen molar-refractivity contribution >= 4 is 18.1 Å². The standard InChI is InChI=1S/C15H22N3S/c1-15(2)11-18(12-17-15)9-8-13(16)10-19-14-6-4-3-5-7-14/h3-7,12-13,16H,8-11H2,1-2H3/t13-/m1/s1. The third-order valence-corrected chi connectivity index (χ3v) is 4.29. The largest absolute Gasteiger partial charge is 0.360 e. The molecule has 0 spiro atoms. The van der Waals surface area contributed by atoms with Crippen molar-refractivity contribution in [3.05, 3.63) is 30.3 Å². The summed E-state index contributed by atoms with van der Waals surface area (Å²) in [7, 11) is 0. The van der Waals surface area contributed by atoms with Gasteiger partial charge in [-0.15, -0.1) is 11.8 Å². The van der Waals surface area contributed by atoms with Gasteiger partial charge in [0.15, 0.2) is 0 Å². The lowest BCUT2D eigenvalue weighted by Gasteiger charge is -2.21. The minimum absolute atomic E-state index is 0.0117. The van der Waals surface area contributed by atoms with Gasteiger partial charge in [-0.25, -0.2) is 0 Å². The van der Waals surface area contributed by atoms with E-state index in [2.05, 4.69) is 35.9 Å². The second kappa shape index (κ2) is 6.44. The van der Waals surface area contributed by atoms with Crippen LogP contribution in [0.15, 0.2) is 40.2 Å². The van der Waals surface area contributed by atoms with Crippen LogP contribution in [0.2, 0.25) is 0 Å². The van der Waals surface area contributed by atoms with E-state index in [4.69, 9.17) is 5.73 Å². The molecule has 0 fully saturated rings. The monoisotopic (exact) mass is 276 g/mol. The molecular formula is C15H22N3S. The van der Waals surface area contributed by atoms with E-state index in [1.54, 1.807) is 11.8 Å². The van der Waals surface area contributed by atoms with Crippen LogP contribution >= 0.6 is 11.8 Å².